The Bertz CT molecular complexity index is 1380. The quantitative estimate of drug-likeness (QED) is 0.552. The Morgan fingerprint density at radius 2 is 1.58 bits per heavy atom. The van der Waals surface area contributed by atoms with Crippen LogP contribution < -0.4 is 9.21 Å². The molecule has 1 spiro atoms. The SMILES string of the molecule is Cc1ccc(S(=O)(=O)N2c3ccccc3C(=O)C23C(=O)N(C)c2ccc(Cl)cc23)cc1. The number of anilines is 2. The van der Waals surface area contributed by atoms with Crippen LogP contribution in [0.4, 0.5) is 11.4 Å². The summed E-state index contributed by atoms with van der Waals surface area (Å²) < 4.78 is 28.8. The Labute approximate surface area is 184 Å². The van der Waals surface area contributed by atoms with Crippen molar-refractivity contribution in [2.24, 2.45) is 0 Å². The van der Waals surface area contributed by atoms with Crippen molar-refractivity contribution in [2.75, 3.05) is 16.3 Å². The van der Waals surface area contributed by atoms with Crippen molar-refractivity contribution < 1.29 is 18.0 Å². The van der Waals surface area contributed by atoms with Crippen LogP contribution >= 0.6 is 11.6 Å². The van der Waals surface area contributed by atoms with Gasteiger partial charge in [-0.3, -0.25) is 9.59 Å². The second-order valence-electron chi connectivity index (χ2n) is 7.66. The van der Waals surface area contributed by atoms with E-state index in [1.54, 1.807) is 48.5 Å². The van der Waals surface area contributed by atoms with E-state index in [0.29, 0.717) is 10.7 Å². The molecule has 0 saturated heterocycles. The van der Waals surface area contributed by atoms with E-state index in [-0.39, 0.29) is 21.7 Å². The molecule has 0 fully saturated rings. The van der Waals surface area contributed by atoms with E-state index in [1.165, 1.54) is 30.1 Å². The first-order valence-electron chi connectivity index (χ1n) is 9.55. The molecule has 8 heteroatoms. The van der Waals surface area contributed by atoms with Gasteiger partial charge < -0.3 is 4.90 Å². The molecule has 31 heavy (non-hydrogen) atoms. The number of Topliss-reactive ketones (excluding diaryl/α,β-unsaturated/α-hetero) is 1. The third kappa shape index (κ3) is 2.41. The molecular formula is C23H17ClN2O4S. The van der Waals surface area contributed by atoms with Crippen LogP contribution in [-0.2, 0) is 20.4 Å². The van der Waals surface area contributed by atoms with Crippen LogP contribution in [0.15, 0.2) is 71.6 Å². The predicted molar refractivity (Wildman–Crippen MR) is 118 cm³/mol. The highest BCUT2D eigenvalue weighted by Gasteiger charge is 2.67. The molecule has 1 unspecified atom stereocenters. The highest BCUT2D eigenvalue weighted by atomic mass is 35.5. The number of nitrogens with zero attached hydrogens (tertiary/aromatic N) is 2. The van der Waals surface area contributed by atoms with Gasteiger partial charge in [-0.2, -0.15) is 0 Å². The summed E-state index contributed by atoms with van der Waals surface area (Å²) in [7, 11) is -2.76. The standard InChI is InChI=1S/C23H17ClN2O4S/c1-14-7-10-16(11-8-14)31(29,30)26-19-6-4-3-5-17(19)21(27)23(26)18-13-15(24)9-12-20(18)25(2)22(23)28/h3-13H,1-2H3. The van der Waals surface area contributed by atoms with Crippen LogP contribution in [-0.4, -0.2) is 27.2 Å². The summed E-state index contributed by atoms with van der Waals surface area (Å²) in [4.78, 5) is 28.8. The molecule has 2 aliphatic rings. The van der Waals surface area contributed by atoms with Gasteiger partial charge in [0.25, 0.3) is 15.9 Å². The fourth-order valence-electron chi connectivity index (χ4n) is 4.41. The number of fused-ring (bicyclic) bond motifs is 3. The van der Waals surface area contributed by atoms with Crippen LogP contribution in [0.1, 0.15) is 21.5 Å². The number of aryl methyl sites for hydroxylation is 1. The lowest BCUT2D eigenvalue weighted by molar-refractivity contribution is -0.120. The van der Waals surface area contributed by atoms with Crippen LogP contribution in [0.5, 0.6) is 0 Å². The average Bonchev–Trinajstić information content (AvgIpc) is 3.14. The predicted octanol–water partition coefficient (Wildman–Crippen LogP) is 3.91. The van der Waals surface area contributed by atoms with E-state index in [4.69, 9.17) is 11.6 Å². The number of carbonyl (C=O) groups excluding carboxylic acids is 2. The van der Waals surface area contributed by atoms with Crippen molar-refractivity contribution in [1.82, 2.24) is 0 Å². The van der Waals surface area contributed by atoms with E-state index in [1.807, 2.05) is 6.92 Å². The number of rotatable bonds is 2. The zero-order valence-electron chi connectivity index (χ0n) is 16.7. The van der Waals surface area contributed by atoms with Gasteiger partial charge in [-0.1, -0.05) is 41.4 Å². The molecule has 1 amide bonds. The van der Waals surface area contributed by atoms with Crippen molar-refractivity contribution in [3.05, 3.63) is 88.4 Å². The molecule has 2 aliphatic heterocycles. The Balaban J connectivity index is 1.88. The summed E-state index contributed by atoms with van der Waals surface area (Å²) in [6.07, 6.45) is 0. The average molecular weight is 453 g/mol. The van der Waals surface area contributed by atoms with Crippen LogP contribution in [0, 0.1) is 6.92 Å². The second kappa shape index (κ2) is 6.42. The molecule has 6 nitrogen and oxygen atoms in total. The number of carbonyl (C=O) groups is 2. The monoisotopic (exact) mass is 452 g/mol. The number of benzene rings is 3. The van der Waals surface area contributed by atoms with Crippen molar-refractivity contribution in [1.29, 1.82) is 0 Å². The Kier molecular flexibility index (Phi) is 4.10. The number of para-hydroxylation sites is 1. The third-order valence-electron chi connectivity index (χ3n) is 5.88. The van der Waals surface area contributed by atoms with Gasteiger partial charge in [0.05, 0.1) is 16.3 Å². The van der Waals surface area contributed by atoms with E-state index >= 15 is 0 Å². The normalized spacial score (nSPS) is 19.8. The number of ketones is 1. The van der Waals surface area contributed by atoms with Gasteiger partial charge in [-0.25, -0.2) is 12.7 Å². The van der Waals surface area contributed by atoms with Crippen LogP contribution in [0.3, 0.4) is 0 Å². The largest absolute Gasteiger partial charge is 0.312 e. The molecule has 0 bridgehead atoms. The number of hydrogen-bond acceptors (Lipinski definition) is 4. The molecule has 1 atom stereocenters. The smallest absolute Gasteiger partial charge is 0.266 e. The van der Waals surface area contributed by atoms with Gasteiger partial charge >= 0.3 is 0 Å². The molecule has 5 rings (SSSR count). The maximum Gasteiger partial charge on any atom is 0.266 e. The van der Waals surface area contributed by atoms with Gasteiger partial charge in [-0.05, 0) is 49.4 Å². The molecule has 0 radical (unpaired) electrons. The topological polar surface area (TPSA) is 74.8 Å². The van der Waals surface area contributed by atoms with Crippen LogP contribution in [0.25, 0.3) is 0 Å². The number of amides is 1. The molecule has 2 heterocycles. The van der Waals surface area contributed by atoms with Gasteiger partial charge in [0.2, 0.25) is 11.3 Å². The summed E-state index contributed by atoms with van der Waals surface area (Å²) in [6.45, 7) is 1.85. The lowest BCUT2D eigenvalue weighted by atomic mass is 9.87. The first kappa shape index (κ1) is 19.8. The number of sulfonamides is 1. The molecule has 0 N–H and O–H groups in total. The fourth-order valence-corrected chi connectivity index (χ4v) is 6.31. The molecule has 3 aromatic rings. The Hall–Kier alpha value is -3.16. The minimum absolute atomic E-state index is 0.00657. The first-order valence-corrected chi connectivity index (χ1v) is 11.4. The second-order valence-corrected chi connectivity index (χ2v) is 9.89. The first-order chi connectivity index (χ1) is 14.7. The third-order valence-corrected chi connectivity index (χ3v) is 7.94. The Morgan fingerprint density at radius 1 is 0.903 bits per heavy atom. The van der Waals surface area contributed by atoms with Crippen molar-refractivity contribution in [2.45, 2.75) is 17.4 Å². The van der Waals surface area contributed by atoms with Gasteiger partial charge in [-0.15, -0.1) is 0 Å². The zero-order chi connectivity index (χ0) is 22.1. The van der Waals surface area contributed by atoms with E-state index < -0.39 is 27.3 Å². The van der Waals surface area contributed by atoms with E-state index in [0.717, 1.165) is 9.87 Å². The van der Waals surface area contributed by atoms with E-state index in [9.17, 15) is 18.0 Å². The van der Waals surface area contributed by atoms with Crippen molar-refractivity contribution >= 4 is 44.7 Å². The highest BCUT2D eigenvalue weighted by Crippen LogP contribution is 2.54. The minimum atomic E-state index is -4.28. The molecule has 0 aromatic heterocycles. The number of hydrogen-bond donors (Lipinski definition) is 0. The molecule has 3 aromatic carbocycles. The lowest BCUT2D eigenvalue weighted by Gasteiger charge is -2.33. The fraction of sp³-hybridized carbons (Fsp3) is 0.130. The maximum absolute atomic E-state index is 13.9. The molecular weight excluding hydrogens is 436 g/mol. The van der Waals surface area contributed by atoms with Gasteiger partial charge in [0.1, 0.15) is 0 Å². The van der Waals surface area contributed by atoms with Crippen molar-refractivity contribution in [3.8, 4) is 0 Å². The van der Waals surface area contributed by atoms with Crippen molar-refractivity contribution in [3.63, 3.8) is 0 Å². The molecule has 0 saturated carbocycles. The summed E-state index contributed by atoms with van der Waals surface area (Å²) in [5.74, 6) is -1.22. The highest BCUT2D eigenvalue weighted by molar-refractivity contribution is 7.93. The molecule has 156 valence electrons. The summed E-state index contributed by atoms with van der Waals surface area (Å²) in [6, 6.07) is 17.4. The summed E-state index contributed by atoms with van der Waals surface area (Å²) >= 11 is 6.23. The van der Waals surface area contributed by atoms with Crippen LogP contribution in [0.2, 0.25) is 5.02 Å². The van der Waals surface area contributed by atoms with Gasteiger partial charge in [0.15, 0.2) is 0 Å². The zero-order valence-corrected chi connectivity index (χ0v) is 18.2. The minimum Gasteiger partial charge on any atom is -0.312 e. The lowest BCUT2D eigenvalue weighted by Crippen LogP contribution is -2.56. The summed E-state index contributed by atoms with van der Waals surface area (Å²) in [5.41, 5.74) is -0.151. The van der Waals surface area contributed by atoms with E-state index in [2.05, 4.69) is 0 Å². The Morgan fingerprint density at radius 3 is 2.29 bits per heavy atom. The number of likely N-dealkylation sites (N-methyl/N-ethyl adjacent to an activating group) is 1. The summed E-state index contributed by atoms with van der Waals surface area (Å²) in [5, 5.41) is 0.303. The number of halogens is 1. The molecule has 0 aliphatic carbocycles. The van der Waals surface area contributed by atoms with Gasteiger partial charge in [0, 0.05) is 23.2 Å². The maximum atomic E-state index is 13.9.